The third kappa shape index (κ3) is 7.70. The Morgan fingerprint density at radius 3 is 1.58 bits per heavy atom. The number of phenols is 1. The summed E-state index contributed by atoms with van der Waals surface area (Å²) in [5, 5.41) is 12.9. The number of aromatic nitrogens is 3. The SMILES string of the molecule is CC(C)(C)c1ccc(-n2c(-c3cc(C(C)(C)C)ccc3O)nc3c(-c4cc(-c5cccc6cccnc56)cc(C(C)(C)c5ccccc5)c4)cc(C(C)(C)c4ccccc4)cc32)cc1. The molecule has 7 aromatic carbocycles. The normalized spacial score (nSPS) is 12.6. The van der Waals surface area contributed by atoms with E-state index in [4.69, 9.17) is 9.97 Å². The standard InChI is InChI=1S/C60H59N3O/c1-57(2,3)42-26-29-48(30-27-42)63-52-38-47(60(9,10)44-23-15-12-16-24-44)37-50(55(52)62-56(63)51-36-45(58(4,5)6)28-31-53(51)64)41-33-40(49-25-17-19-39-20-18-32-61-54(39)49)34-46(35-41)59(7,8)43-21-13-11-14-22-43/h11-38,64H,1-10H3. The molecule has 0 radical (unpaired) electrons. The number of hydrogen-bond acceptors (Lipinski definition) is 3. The number of pyridine rings is 1. The van der Waals surface area contributed by atoms with Crippen molar-refractivity contribution in [1.82, 2.24) is 14.5 Å². The fourth-order valence-corrected chi connectivity index (χ4v) is 9.17. The first-order chi connectivity index (χ1) is 30.4. The molecule has 9 rings (SSSR count). The maximum atomic E-state index is 11.8. The van der Waals surface area contributed by atoms with Crippen molar-refractivity contribution in [3.05, 3.63) is 203 Å². The van der Waals surface area contributed by atoms with E-state index < -0.39 is 0 Å². The fraction of sp³-hybridized carbons (Fsp3) is 0.233. The van der Waals surface area contributed by atoms with Gasteiger partial charge in [-0.25, -0.2) is 4.98 Å². The summed E-state index contributed by atoms with van der Waals surface area (Å²) in [6, 6.07) is 58.8. The van der Waals surface area contributed by atoms with E-state index >= 15 is 0 Å². The van der Waals surface area contributed by atoms with Gasteiger partial charge in [-0.1, -0.05) is 184 Å². The van der Waals surface area contributed by atoms with E-state index in [2.05, 4.69) is 219 Å². The predicted molar refractivity (Wildman–Crippen MR) is 269 cm³/mol. The number of fused-ring (bicyclic) bond motifs is 2. The van der Waals surface area contributed by atoms with Crippen LogP contribution >= 0.6 is 0 Å². The molecule has 0 aliphatic rings. The van der Waals surface area contributed by atoms with Gasteiger partial charge in [0.05, 0.1) is 22.1 Å². The Morgan fingerprint density at radius 1 is 0.422 bits per heavy atom. The second kappa shape index (κ2) is 15.8. The van der Waals surface area contributed by atoms with E-state index in [1.165, 1.54) is 22.3 Å². The van der Waals surface area contributed by atoms with Gasteiger partial charge in [0.25, 0.3) is 0 Å². The topological polar surface area (TPSA) is 50.9 Å². The molecule has 2 aromatic heterocycles. The van der Waals surface area contributed by atoms with Gasteiger partial charge >= 0.3 is 0 Å². The van der Waals surface area contributed by atoms with Gasteiger partial charge in [0.2, 0.25) is 0 Å². The summed E-state index contributed by atoms with van der Waals surface area (Å²) in [5.74, 6) is 0.886. The van der Waals surface area contributed by atoms with Crippen molar-refractivity contribution in [2.45, 2.75) is 90.9 Å². The quantitative estimate of drug-likeness (QED) is 0.166. The Bertz CT molecular complexity index is 3150. The molecule has 0 unspecified atom stereocenters. The molecular weight excluding hydrogens is 779 g/mol. The number of hydrogen-bond donors (Lipinski definition) is 1. The van der Waals surface area contributed by atoms with Crippen molar-refractivity contribution >= 4 is 21.9 Å². The first-order valence-corrected chi connectivity index (χ1v) is 22.5. The second-order valence-corrected chi connectivity index (χ2v) is 20.6. The van der Waals surface area contributed by atoms with Gasteiger partial charge < -0.3 is 5.11 Å². The van der Waals surface area contributed by atoms with Crippen molar-refractivity contribution in [3.8, 4) is 45.1 Å². The lowest BCUT2D eigenvalue weighted by Crippen LogP contribution is -2.19. The molecule has 9 aromatic rings. The van der Waals surface area contributed by atoms with E-state index in [1.807, 2.05) is 24.4 Å². The highest BCUT2D eigenvalue weighted by Crippen LogP contribution is 2.45. The third-order valence-electron chi connectivity index (χ3n) is 13.5. The van der Waals surface area contributed by atoms with Crippen molar-refractivity contribution < 1.29 is 5.11 Å². The number of para-hydroxylation sites is 1. The highest BCUT2D eigenvalue weighted by molar-refractivity contribution is 5.99. The van der Waals surface area contributed by atoms with E-state index in [1.54, 1.807) is 0 Å². The number of benzene rings is 7. The van der Waals surface area contributed by atoms with E-state index in [9.17, 15) is 5.11 Å². The zero-order valence-corrected chi connectivity index (χ0v) is 39.0. The minimum Gasteiger partial charge on any atom is -0.507 e. The van der Waals surface area contributed by atoms with Crippen LogP contribution in [0, 0.1) is 0 Å². The summed E-state index contributed by atoms with van der Waals surface area (Å²) < 4.78 is 2.27. The Morgan fingerprint density at radius 2 is 0.969 bits per heavy atom. The van der Waals surface area contributed by atoms with Crippen LogP contribution in [0.2, 0.25) is 0 Å². The predicted octanol–water partition coefficient (Wildman–Crippen LogP) is 15.5. The maximum Gasteiger partial charge on any atom is 0.149 e. The molecule has 2 heterocycles. The molecule has 0 saturated carbocycles. The van der Waals surface area contributed by atoms with Gasteiger partial charge in [-0.05, 0) is 104 Å². The van der Waals surface area contributed by atoms with Crippen LogP contribution in [0.15, 0.2) is 170 Å². The lowest BCUT2D eigenvalue weighted by molar-refractivity contribution is 0.475. The second-order valence-electron chi connectivity index (χ2n) is 20.6. The molecular formula is C60H59N3O. The smallest absolute Gasteiger partial charge is 0.149 e. The minimum absolute atomic E-state index is 0.0203. The molecule has 0 bridgehead atoms. The van der Waals surface area contributed by atoms with Crippen molar-refractivity contribution in [3.63, 3.8) is 0 Å². The van der Waals surface area contributed by atoms with Gasteiger partial charge in [-0.2, -0.15) is 0 Å². The highest BCUT2D eigenvalue weighted by Gasteiger charge is 2.30. The Hall–Kier alpha value is -6.78. The molecule has 320 valence electrons. The van der Waals surface area contributed by atoms with Crippen LogP contribution in [0.4, 0.5) is 0 Å². The highest BCUT2D eigenvalue weighted by atomic mass is 16.3. The summed E-state index contributed by atoms with van der Waals surface area (Å²) in [5.41, 5.74) is 15.0. The van der Waals surface area contributed by atoms with Crippen LogP contribution < -0.4 is 0 Å². The molecule has 0 spiro atoms. The van der Waals surface area contributed by atoms with Crippen LogP contribution in [-0.4, -0.2) is 19.6 Å². The number of nitrogens with zero attached hydrogens (tertiary/aromatic N) is 3. The van der Waals surface area contributed by atoms with Crippen LogP contribution in [0.25, 0.3) is 61.3 Å². The first-order valence-electron chi connectivity index (χ1n) is 22.5. The first kappa shape index (κ1) is 42.5. The van der Waals surface area contributed by atoms with Crippen molar-refractivity contribution in [2.75, 3.05) is 0 Å². The summed E-state index contributed by atoms with van der Waals surface area (Å²) in [7, 11) is 0. The fourth-order valence-electron chi connectivity index (χ4n) is 9.17. The monoisotopic (exact) mass is 837 g/mol. The molecule has 4 nitrogen and oxygen atoms in total. The van der Waals surface area contributed by atoms with Gasteiger partial charge in [-0.15, -0.1) is 0 Å². The van der Waals surface area contributed by atoms with Crippen molar-refractivity contribution in [1.29, 1.82) is 0 Å². The number of rotatable bonds is 8. The largest absolute Gasteiger partial charge is 0.507 e. The minimum atomic E-state index is -0.382. The summed E-state index contributed by atoms with van der Waals surface area (Å²) in [6.45, 7) is 22.6. The zero-order chi connectivity index (χ0) is 45.2. The zero-order valence-electron chi connectivity index (χ0n) is 39.0. The molecule has 1 N–H and O–H groups in total. The third-order valence-corrected chi connectivity index (χ3v) is 13.5. The van der Waals surface area contributed by atoms with Gasteiger partial charge in [0.15, 0.2) is 0 Å². The molecule has 0 atom stereocenters. The van der Waals surface area contributed by atoms with Crippen LogP contribution in [-0.2, 0) is 21.7 Å². The number of aromatic hydroxyl groups is 1. The lowest BCUT2D eigenvalue weighted by Gasteiger charge is -2.29. The average molecular weight is 838 g/mol. The van der Waals surface area contributed by atoms with Crippen molar-refractivity contribution in [2.24, 2.45) is 0 Å². The molecule has 0 aliphatic carbocycles. The maximum absolute atomic E-state index is 11.8. The summed E-state index contributed by atoms with van der Waals surface area (Å²) in [6.07, 6.45) is 1.88. The van der Waals surface area contributed by atoms with Gasteiger partial charge in [0, 0.05) is 39.2 Å². The number of phenolic OH excluding ortho intramolecular Hbond substituents is 1. The van der Waals surface area contributed by atoms with Gasteiger partial charge in [0.1, 0.15) is 11.6 Å². The average Bonchev–Trinajstić information content (AvgIpc) is 3.68. The Balaban J connectivity index is 1.42. The molecule has 0 aliphatic heterocycles. The molecule has 64 heavy (non-hydrogen) atoms. The number of imidazole rings is 1. The molecule has 4 heteroatoms. The van der Waals surface area contributed by atoms with Crippen LogP contribution in [0.1, 0.15) is 103 Å². The lowest BCUT2D eigenvalue weighted by atomic mass is 9.75. The summed E-state index contributed by atoms with van der Waals surface area (Å²) >= 11 is 0. The van der Waals surface area contributed by atoms with E-state index in [0.29, 0.717) is 11.4 Å². The van der Waals surface area contributed by atoms with Gasteiger partial charge in [-0.3, -0.25) is 9.55 Å². The molecule has 0 saturated heterocycles. The van der Waals surface area contributed by atoms with E-state index in [0.717, 1.165) is 61.0 Å². The molecule has 0 fully saturated rings. The molecule has 0 amide bonds. The summed E-state index contributed by atoms with van der Waals surface area (Å²) in [4.78, 5) is 10.6. The van der Waals surface area contributed by atoms with E-state index in [-0.39, 0.29) is 27.4 Å². The van der Waals surface area contributed by atoms with Crippen LogP contribution in [0.3, 0.4) is 0 Å². The Kier molecular flexibility index (Phi) is 10.5. The van der Waals surface area contributed by atoms with Crippen LogP contribution in [0.5, 0.6) is 5.75 Å². The Labute approximate surface area is 379 Å².